The molecular weight excluding hydrogens is 247 g/mol. The van der Waals surface area contributed by atoms with Gasteiger partial charge in [-0.1, -0.05) is 18.2 Å². The maximum Gasteiger partial charge on any atom is 0.324 e. The van der Waals surface area contributed by atoms with Gasteiger partial charge >= 0.3 is 5.97 Å². The maximum atomic E-state index is 13.7. The second-order valence-corrected chi connectivity index (χ2v) is 5.08. The number of carbonyl (C=O) groups is 1. The minimum absolute atomic E-state index is 0.176. The van der Waals surface area contributed by atoms with E-state index in [1.165, 1.54) is 6.07 Å². The standard InChI is InChI=1S/C14H19FN2O2/c1-14(13(18)19,17-8-6-16-7-9-17)10-11-4-2-3-5-12(11)15/h2-5,16H,6-10H2,1H3,(H,18,19). The van der Waals surface area contributed by atoms with Crippen LogP contribution in [0.25, 0.3) is 0 Å². The van der Waals surface area contributed by atoms with Gasteiger partial charge in [-0.25, -0.2) is 4.39 Å². The molecule has 2 N–H and O–H groups in total. The van der Waals surface area contributed by atoms with Gasteiger partial charge in [0, 0.05) is 32.6 Å². The quantitative estimate of drug-likeness (QED) is 0.857. The molecule has 1 aliphatic rings. The van der Waals surface area contributed by atoms with Crippen molar-refractivity contribution in [3.63, 3.8) is 0 Å². The Labute approximate surface area is 112 Å². The van der Waals surface area contributed by atoms with Crippen molar-refractivity contribution in [2.24, 2.45) is 0 Å². The molecule has 5 heteroatoms. The van der Waals surface area contributed by atoms with Crippen LogP contribution in [0, 0.1) is 5.82 Å². The van der Waals surface area contributed by atoms with Crippen LogP contribution in [-0.4, -0.2) is 47.7 Å². The van der Waals surface area contributed by atoms with Gasteiger partial charge in [0.1, 0.15) is 11.4 Å². The second-order valence-electron chi connectivity index (χ2n) is 5.08. The number of carboxylic acids is 1. The number of aliphatic carboxylic acids is 1. The topological polar surface area (TPSA) is 52.6 Å². The lowest BCUT2D eigenvalue weighted by molar-refractivity contribution is -0.151. The summed E-state index contributed by atoms with van der Waals surface area (Å²) in [5, 5.41) is 12.7. The van der Waals surface area contributed by atoms with Crippen LogP contribution in [-0.2, 0) is 11.2 Å². The smallest absolute Gasteiger partial charge is 0.324 e. The normalized spacial score (nSPS) is 19.9. The highest BCUT2D eigenvalue weighted by Gasteiger charge is 2.40. The minimum atomic E-state index is -1.07. The van der Waals surface area contributed by atoms with Crippen molar-refractivity contribution in [2.45, 2.75) is 18.9 Å². The van der Waals surface area contributed by atoms with E-state index >= 15 is 0 Å². The third kappa shape index (κ3) is 2.93. The van der Waals surface area contributed by atoms with Gasteiger partial charge in [-0.15, -0.1) is 0 Å². The molecule has 0 aromatic heterocycles. The number of hydrogen-bond acceptors (Lipinski definition) is 3. The molecule has 4 nitrogen and oxygen atoms in total. The predicted molar refractivity (Wildman–Crippen MR) is 70.6 cm³/mol. The molecule has 1 aliphatic heterocycles. The fraction of sp³-hybridized carbons (Fsp3) is 0.500. The predicted octanol–water partition coefficient (Wildman–Crippen LogP) is 1.12. The van der Waals surface area contributed by atoms with E-state index in [9.17, 15) is 14.3 Å². The average molecular weight is 266 g/mol. The summed E-state index contributed by atoms with van der Waals surface area (Å²) in [6.07, 6.45) is 0.176. The van der Waals surface area contributed by atoms with Crippen molar-refractivity contribution >= 4 is 5.97 Å². The summed E-state index contributed by atoms with van der Waals surface area (Å²) in [5.41, 5.74) is -0.615. The lowest BCUT2D eigenvalue weighted by Crippen LogP contribution is -2.59. The highest BCUT2D eigenvalue weighted by molar-refractivity contribution is 5.78. The van der Waals surface area contributed by atoms with E-state index in [1.807, 2.05) is 4.90 Å². The Balaban J connectivity index is 2.24. The largest absolute Gasteiger partial charge is 0.480 e. The number of hydrogen-bond donors (Lipinski definition) is 2. The first-order valence-corrected chi connectivity index (χ1v) is 6.46. The monoisotopic (exact) mass is 266 g/mol. The molecule has 104 valence electrons. The van der Waals surface area contributed by atoms with Crippen molar-refractivity contribution in [3.05, 3.63) is 35.6 Å². The first kappa shape index (κ1) is 14.0. The van der Waals surface area contributed by atoms with Gasteiger partial charge in [-0.05, 0) is 18.6 Å². The summed E-state index contributed by atoms with van der Waals surface area (Å²) in [5.74, 6) is -1.25. The number of piperazine rings is 1. The van der Waals surface area contributed by atoms with Crippen LogP contribution in [0.2, 0.25) is 0 Å². The Morgan fingerprint density at radius 1 is 1.42 bits per heavy atom. The summed E-state index contributed by atoms with van der Waals surface area (Å²) < 4.78 is 13.7. The average Bonchev–Trinajstić information content (AvgIpc) is 2.42. The molecular formula is C14H19FN2O2. The molecule has 1 unspecified atom stereocenters. The van der Waals surface area contributed by atoms with Crippen LogP contribution in [0.3, 0.4) is 0 Å². The molecule has 0 saturated carbocycles. The number of nitrogens with one attached hydrogen (secondary N) is 1. The SMILES string of the molecule is CC(Cc1ccccc1F)(C(=O)O)N1CCNCC1. The maximum absolute atomic E-state index is 13.7. The van der Waals surface area contributed by atoms with Crippen LogP contribution < -0.4 is 5.32 Å². The van der Waals surface area contributed by atoms with E-state index < -0.39 is 11.5 Å². The first-order chi connectivity index (χ1) is 9.04. The molecule has 0 amide bonds. The van der Waals surface area contributed by atoms with E-state index in [0.717, 1.165) is 13.1 Å². The van der Waals surface area contributed by atoms with Gasteiger partial charge < -0.3 is 10.4 Å². The first-order valence-electron chi connectivity index (χ1n) is 6.46. The summed E-state index contributed by atoms with van der Waals surface area (Å²) in [6, 6.07) is 6.37. The zero-order valence-electron chi connectivity index (χ0n) is 11.0. The molecule has 1 aromatic rings. The van der Waals surface area contributed by atoms with Crippen LogP contribution >= 0.6 is 0 Å². The molecule has 0 bridgehead atoms. The van der Waals surface area contributed by atoms with Crippen LogP contribution in [0.15, 0.2) is 24.3 Å². The number of benzene rings is 1. The summed E-state index contributed by atoms with van der Waals surface area (Å²) in [7, 11) is 0. The molecule has 2 rings (SSSR count). The van der Waals surface area contributed by atoms with Crippen molar-refractivity contribution in [2.75, 3.05) is 26.2 Å². The molecule has 19 heavy (non-hydrogen) atoms. The van der Waals surface area contributed by atoms with Crippen molar-refractivity contribution in [1.29, 1.82) is 0 Å². The lowest BCUT2D eigenvalue weighted by atomic mass is 9.90. The van der Waals surface area contributed by atoms with Gasteiger partial charge in [0.15, 0.2) is 0 Å². The van der Waals surface area contributed by atoms with Gasteiger partial charge in [0.05, 0.1) is 0 Å². The van der Waals surface area contributed by atoms with E-state index in [4.69, 9.17) is 0 Å². The van der Waals surface area contributed by atoms with Crippen LogP contribution in [0.4, 0.5) is 4.39 Å². The molecule has 0 radical (unpaired) electrons. The van der Waals surface area contributed by atoms with Gasteiger partial charge in [0.25, 0.3) is 0 Å². The molecule has 1 fully saturated rings. The Morgan fingerprint density at radius 3 is 2.63 bits per heavy atom. The van der Waals surface area contributed by atoms with Crippen LogP contribution in [0.5, 0.6) is 0 Å². The summed E-state index contributed by atoms with van der Waals surface area (Å²) in [4.78, 5) is 13.6. The summed E-state index contributed by atoms with van der Waals surface area (Å²) >= 11 is 0. The molecule has 0 aliphatic carbocycles. The van der Waals surface area contributed by atoms with Crippen molar-refractivity contribution in [3.8, 4) is 0 Å². The number of carboxylic acid groups (broad SMARTS) is 1. The molecule has 1 heterocycles. The Hall–Kier alpha value is -1.46. The van der Waals surface area contributed by atoms with Crippen LogP contribution in [0.1, 0.15) is 12.5 Å². The van der Waals surface area contributed by atoms with Crippen molar-refractivity contribution < 1.29 is 14.3 Å². The Kier molecular flexibility index (Phi) is 4.17. The Morgan fingerprint density at radius 2 is 2.05 bits per heavy atom. The van der Waals surface area contributed by atoms with Crippen molar-refractivity contribution in [1.82, 2.24) is 10.2 Å². The van der Waals surface area contributed by atoms with E-state index in [1.54, 1.807) is 25.1 Å². The van der Waals surface area contributed by atoms with Gasteiger partial charge in [-0.2, -0.15) is 0 Å². The van der Waals surface area contributed by atoms with E-state index in [0.29, 0.717) is 18.7 Å². The molecule has 1 atom stereocenters. The fourth-order valence-electron chi connectivity index (χ4n) is 2.49. The highest BCUT2D eigenvalue weighted by atomic mass is 19.1. The Bertz CT molecular complexity index is 461. The lowest BCUT2D eigenvalue weighted by Gasteiger charge is -2.40. The fourth-order valence-corrected chi connectivity index (χ4v) is 2.49. The second kappa shape index (κ2) is 5.67. The number of halogens is 1. The highest BCUT2D eigenvalue weighted by Crippen LogP contribution is 2.23. The minimum Gasteiger partial charge on any atom is -0.480 e. The zero-order chi connectivity index (χ0) is 13.9. The summed E-state index contributed by atoms with van der Waals surface area (Å²) in [6.45, 7) is 4.53. The van der Waals surface area contributed by atoms with Gasteiger partial charge in [0.2, 0.25) is 0 Å². The van der Waals surface area contributed by atoms with Gasteiger partial charge in [-0.3, -0.25) is 9.69 Å². The molecule has 0 spiro atoms. The number of nitrogens with zero attached hydrogens (tertiary/aromatic N) is 1. The zero-order valence-corrected chi connectivity index (χ0v) is 11.0. The third-order valence-electron chi connectivity index (χ3n) is 3.77. The van der Waals surface area contributed by atoms with E-state index in [-0.39, 0.29) is 12.2 Å². The number of rotatable bonds is 4. The van der Waals surface area contributed by atoms with E-state index in [2.05, 4.69) is 5.32 Å². The molecule has 1 aromatic carbocycles. The molecule has 1 saturated heterocycles. The third-order valence-corrected chi connectivity index (χ3v) is 3.77.